The Morgan fingerprint density at radius 3 is 1.94 bits per heavy atom. The van der Waals surface area contributed by atoms with Gasteiger partial charge in [-0.3, -0.25) is 24.0 Å². The van der Waals surface area contributed by atoms with E-state index in [-0.39, 0.29) is 35.2 Å². The number of ketones is 2. The molecule has 1 unspecified atom stereocenters. The SMILES string of the molecule is COC(=O)[C@H]1O[C@@H](O[C@@H]2C[C@]3(C)C(C(C)=O)CC[C@H]3[C@@H]3CCC4=CC(=O)CC[C@]4(C)[C@H]32)[C@H](OC(=O)C(C)C)[C@@H](OC(=O)C(C)C)[C@@H]1OC(=O)C(C)C. The first kappa shape index (κ1) is 40.1. The zero-order valence-corrected chi connectivity index (χ0v) is 32.4. The van der Waals surface area contributed by atoms with E-state index in [0.717, 1.165) is 31.3 Å². The summed E-state index contributed by atoms with van der Waals surface area (Å²) in [4.78, 5) is 79.1. The van der Waals surface area contributed by atoms with Gasteiger partial charge in [0.05, 0.1) is 31.0 Å². The molecule has 0 spiro atoms. The Bertz CT molecular complexity index is 1460. The highest BCUT2D eigenvalue weighted by molar-refractivity contribution is 5.91. The number of esters is 4. The number of carbonyl (C=O) groups excluding carboxylic acids is 6. The third-order valence-electron chi connectivity index (χ3n) is 12.8. The average Bonchev–Trinajstić information content (AvgIpc) is 3.43. The number of Topliss-reactive ketones (excluding diaryl/α,β-unsaturated/α-hetero) is 1. The van der Waals surface area contributed by atoms with Crippen LogP contribution in [-0.4, -0.2) is 79.4 Å². The molecule has 0 aromatic heterocycles. The molecule has 12 nitrogen and oxygen atoms in total. The molecule has 3 saturated carbocycles. The van der Waals surface area contributed by atoms with Crippen LogP contribution < -0.4 is 0 Å². The maximum atomic E-state index is 13.5. The predicted molar refractivity (Wildman–Crippen MR) is 186 cm³/mol. The van der Waals surface area contributed by atoms with Crippen LogP contribution in [0.5, 0.6) is 0 Å². The van der Waals surface area contributed by atoms with Crippen molar-refractivity contribution in [1.82, 2.24) is 0 Å². The Hall–Kier alpha value is -3.12. The molecule has 1 aliphatic heterocycles. The molecular formula is C40H58O12. The van der Waals surface area contributed by atoms with E-state index in [2.05, 4.69) is 13.8 Å². The molecule has 5 aliphatic rings. The monoisotopic (exact) mass is 730 g/mol. The molecule has 0 aromatic rings. The first-order valence-electron chi connectivity index (χ1n) is 19.1. The second kappa shape index (κ2) is 15.3. The highest BCUT2D eigenvalue weighted by Gasteiger charge is 2.65. The van der Waals surface area contributed by atoms with E-state index >= 15 is 0 Å². The number of methoxy groups -OCH3 is 1. The van der Waals surface area contributed by atoms with E-state index in [0.29, 0.717) is 19.3 Å². The van der Waals surface area contributed by atoms with Gasteiger partial charge in [-0.2, -0.15) is 0 Å². The zero-order valence-electron chi connectivity index (χ0n) is 32.4. The molecule has 290 valence electrons. The summed E-state index contributed by atoms with van der Waals surface area (Å²) in [5, 5.41) is 0. The van der Waals surface area contributed by atoms with Gasteiger partial charge in [-0.05, 0) is 80.1 Å². The quantitative estimate of drug-likeness (QED) is 0.211. The van der Waals surface area contributed by atoms with Gasteiger partial charge in [-0.25, -0.2) is 4.79 Å². The van der Waals surface area contributed by atoms with Crippen molar-refractivity contribution in [3.63, 3.8) is 0 Å². The lowest BCUT2D eigenvalue weighted by Gasteiger charge is -2.61. The van der Waals surface area contributed by atoms with Gasteiger partial charge in [-0.1, -0.05) is 61.0 Å². The smallest absolute Gasteiger partial charge is 0.339 e. The van der Waals surface area contributed by atoms with Gasteiger partial charge >= 0.3 is 23.9 Å². The molecule has 0 amide bonds. The maximum absolute atomic E-state index is 13.5. The first-order chi connectivity index (χ1) is 24.3. The molecular weight excluding hydrogens is 672 g/mol. The van der Waals surface area contributed by atoms with E-state index in [4.69, 9.17) is 28.4 Å². The number of fused-ring (bicyclic) bond motifs is 5. The molecule has 52 heavy (non-hydrogen) atoms. The largest absolute Gasteiger partial charge is 0.467 e. The number of ether oxygens (including phenoxy) is 6. The summed E-state index contributed by atoms with van der Waals surface area (Å²) in [6, 6.07) is 0. The minimum Gasteiger partial charge on any atom is -0.467 e. The highest BCUT2D eigenvalue weighted by Crippen LogP contribution is 2.67. The Morgan fingerprint density at radius 2 is 1.38 bits per heavy atom. The van der Waals surface area contributed by atoms with Crippen LogP contribution in [-0.2, 0) is 57.2 Å². The molecule has 0 N–H and O–H groups in total. The Labute approximate surface area is 307 Å². The van der Waals surface area contributed by atoms with E-state index in [9.17, 15) is 28.8 Å². The average molecular weight is 731 g/mol. The summed E-state index contributed by atoms with van der Waals surface area (Å²) in [5.74, 6) is -4.34. The van der Waals surface area contributed by atoms with Crippen LogP contribution in [0, 0.1) is 52.3 Å². The van der Waals surface area contributed by atoms with Gasteiger partial charge in [0.25, 0.3) is 0 Å². The van der Waals surface area contributed by atoms with Crippen molar-refractivity contribution in [2.24, 2.45) is 52.3 Å². The summed E-state index contributed by atoms with van der Waals surface area (Å²) in [7, 11) is 1.17. The van der Waals surface area contributed by atoms with Crippen molar-refractivity contribution >= 4 is 35.4 Å². The van der Waals surface area contributed by atoms with Crippen molar-refractivity contribution in [2.45, 2.75) is 144 Å². The summed E-state index contributed by atoms with van der Waals surface area (Å²) in [6.45, 7) is 15.8. The van der Waals surface area contributed by atoms with Crippen LogP contribution in [0.15, 0.2) is 11.6 Å². The standard InChI is InChI=1S/C40H58O12/c1-19(2)34(43)49-30-31(50-35(44)20(3)4)33(51-36(45)21(5)6)38(52-32(30)37(46)47-10)48-28-18-40(9)26(22(7)41)13-14-27(40)25-12-11-23-17-24(42)15-16-39(23,8)29(25)28/h17,19-21,25-33,38H,11-16,18H2,1-10H3/t25-,26?,27-,28+,29+,30-,31-,32-,33+,38+,39-,40+/m0/s1. The Morgan fingerprint density at radius 1 is 0.808 bits per heavy atom. The molecule has 1 saturated heterocycles. The second-order valence-corrected chi connectivity index (χ2v) is 17.1. The highest BCUT2D eigenvalue weighted by atomic mass is 16.7. The van der Waals surface area contributed by atoms with Crippen LogP contribution in [0.4, 0.5) is 0 Å². The molecule has 0 bridgehead atoms. The predicted octanol–water partition coefficient (Wildman–Crippen LogP) is 5.32. The van der Waals surface area contributed by atoms with Crippen LogP contribution in [0.1, 0.15) is 107 Å². The lowest BCUT2D eigenvalue weighted by atomic mass is 9.46. The molecule has 12 atom stereocenters. The third-order valence-corrected chi connectivity index (χ3v) is 12.8. The number of rotatable bonds is 10. The van der Waals surface area contributed by atoms with Crippen molar-refractivity contribution < 1.29 is 57.2 Å². The van der Waals surface area contributed by atoms with Gasteiger partial charge in [0.2, 0.25) is 0 Å². The summed E-state index contributed by atoms with van der Waals surface area (Å²) >= 11 is 0. The summed E-state index contributed by atoms with van der Waals surface area (Å²) in [5.41, 5.74) is 0.294. The van der Waals surface area contributed by atoms with Crippen molar-refractivity contribution in [1.29, 1.82) is 0 Å². The lowest BCUT2D eigenvalue weighted by molar-refractivity contribution is -0.326. The van der Waals surface area contributed by atoms with E-state index in [1.54, 1.807) is 54.5 Å². The minimum atomic E-state index is -1.60. The maximum Gasteiger partial charge on any atom is 0.339 e. The van der Waals surface area contributed by atoms with Crippen LogP contribution in [0.25, 0.3) is 0 Å². The van der Waals surface area contributed by atoms with Gasteiger partial charge in [-0.15, -0.1) is 0 Å². The molecule has 1 heterocycles. The Balaban J connectivity index is 1.64. The van der Waals surface area contributed by atoms with Crippen LogP contribution in [0.3, 0.4) is 0 Å². The Kier molecular flexibility index (Phi) is 11.8. The van der Waals surface area contributed by atoms with E-state index in [1.165, 1.54) is 7.11 Å². The summed E-state index contributed by atoms with van der Waals surface area (Å²) < 4.78 is 36.5. The second-order valence-electron chi connectivity index (χ2n) is 17.1. The number of hydrogen-bond donors (Lipinski definition) is 0. The number of hydrogen-bond acceptors (Lipinski definition) is 12. The van der Waals surface area contributed by atoms with Gasteiger partial charge in [0.1, 0.15) is 5.78 Å². The fourth-order valence-corrected chi connectivity index (χ4v) is 10.0. The molecule has 0 aromatic carbocycles. The zero-order chi connectivity index (χ0) is 38.4. The van der Waals surface area contributed by atoms with Gasteiger partial charge in [0, 0.05) is 12.3 Å². The number of allylic oxidation sites excluding steroid dienone is 1. The first-order valence-corrected chi connectivity index (χ1v) is 19.1. The molecule has 5 rings (SSSR count). The van der Waals surface area contributed by atoms with E-state index < -0.39 is 89.3 Å². The normalized spacial score (nSPS) is 38.5. The van der Waals surface area contributed by atoms with Crippen molar-refractivity contribution in [2.75, 3.05) is 7.11 Å². The minimum absolute atomic E-state index is 0.0980. The van der Waals surface area contributed by atoms with Gasteiger partial charge in [0.15, 0.2) is 36.5 Å². The van der Waals surface area contributed by atoms with Gasteiger partial charge < -0.3 is 28.4 Å². The topological polar surface area (TPSA) is 158 Å². The van der Waals surface area contributed by atoms with Crippen molar-refractivity contribution in [3.8, 4) is 0 Å². The summed E-state index contributed by atoms with van der Waals surface area (Å²) in [6.07, 6.45) is -1.48. The fourth-order valence-electron chi connectivity index (χ4n) is 10.0. The van der Waals surface area contributed by atoms with Crippen LogP contribution >= 0.6 is 0 Å². The molecule has 4 fully saturated rings. The molecule has 4 aliphatic carbocycles. The number of carbonyl (C=O) groups is 6. The molecule has 0 radical (unpaired) electrons. The third kappa shape index (κ3) is 7.35. The lowest BCUT2D eigenvalue weighted by Crippen LogP contribution is -2.66. The fraction of sp³-hybridized carbons (Fsp3) is 0.800. The van der Waals surface area contributed by atoms with E-state index in [1.807, 2.05) is 0 Å². The van der Waals surface area contributed by atoms with Crippen LogP contribution in [0.2, 0.25) is 0 Å². The molecule has 12 heteroatoms. The van der Waals surface area contributed by atoms with Crippen molar-refractivity contribution in [3.05, 3.63) is 11.6 Å².